The Bertz CT molecular complexity index is 671. The molecule has 0 aliphatic heterocycles. The second kappa shape index (κ2) is 6.38. The van der Waals surface area contributed by atoms with Gasteiger partial charge in [-0.25, -0.2) is 13.1 Å². The Labute approximate surface area is 126 Å². The van der Waals surface area contributed by atoms with Gasteiger partial charge in [0.2, 0.25) is 10.0 Å². The summed E-state index contributed by atoms with van der Waals surface area (Å²) in [7, 11) is -3.51. The van der Waals surface area contributed by atoms with E-state index in [-0.39, 0.29) is 4.90 Å². The Kier molecular flexibility index (Phi) is 4.79. The van der Waals surface area contributed by atoms with Gasteiger partial charge in [-0.2, -0.15) is 5.10 Å². The lowest BCUT2D eigenvalue weighted by Gasteiger charge is -2.08. The van der Waals surface area contributed by atoms with Crippen LogP contribution in [0.3, 0.4) is 0 Å². The van der Waals surface area contributed by atoms with Crippen molar-refractivity contribution >= 4 is 31.6 Å². The van der Waals surface area contributed by atoms with Crippen LogP contribution in [0.15, 0.2) is 46.0 Å². The second-order valence-corrected chi connectivity index (χ2v) is 6.83. The highest BCUT2D eigenvalue weighted by Gasteiger charge is 2.14. The van der Waals surface area contributed by atoms with Crippen molar-refractivity contribution in [3.63, 3.8) is 0 Å². The Morgan fingerprint density at radius 1 is 1.40 bits per heavy atom. The van der Waals surface area contributed by atoms with Crippen molar-refractivity contribution in [2.75, 3.05) is 12.3 Å². The number of hydrogen-bond donors (Lipinski definition) is 2. The summed E-state index contributed by atoms with van der Waals surface area (Å²) in [5.41, 5.74) is 6.14. The predicted octanol–water partition coefficient (Wildman–Crippen LogP) is 1.60. The molecule has 0 aliphatic rings. The smallest absolute Gasteiger partial charge is 0.240 e. The molecular formula is C12H15BrN4O2S. The number of anilines is 1. The van der Waals surface area contributed by atoms with Gasteiger partial charge in [0.1, 0.15) is 0 Å². The van der Waals surface area contributed by atoms with Gasteiger partial charge in [0.05, 0.1) is 4.90 Å². The summed E-state index contributed by atoms with van der Waals surface area (Å²) in [6.07, 6.45) is 4.19. The normalized spacial score (nSPS) is 11.7. The molecule has 2 rings (SSSR count). The summed E-state index contributed by atoms with van der Waals surface area (Å²) < 4.78 is 29.0. The van der Waals surface area contributed by atoms with Crippen molar-refractivity contribution in [3.05, 3.63) is 41.1 Å². The average molecular weight is 359 g/mol. The maximum absolute atomic E-state index is 12.1. The molecule has 2 aromatic rings. The largest absolute Gasteiger partial charge is 0.398 e. The highest BCUT2D eigenvalue weighted by atomic mass is 79.9. The lowest BCUT2D eigenvalue weighted by atomic mass is 10.3. The average Bonchev–Trinajstić information content (AvgIpc) is 2.91. The van der Waals surface area contributed by atoms with Crippen LogP contribution in [-0.2, 0) is 16.6 Å². The van der Waals surface area contributed by atoms with Gasteiger partial charge in [-0.05, 0) is 46.6 Å². The van der Waals surface area contributed by atoms with E-state index in [9.17, 15) is 8.42 Å². The molecule has 0 spiro atoms. The Morgan fingerprint density at radius 3 is 2.85 bits per heavy atom. The fourth-order valence-corrected chi connectivity index (χ4v) is 3.27. The summed E-state index contributed by atoms with van der Waals surface area (Å²) >= 11 is 3.22. The van der Waals surface area contributed by atoms with Gasteiger partial charge < -0.3 is 5.73 Å². The van der Waals surface area contributed by atoms with Crippen LogP contribution >= 0.6 is 15.9 Å². The number of nitrogens with one attached hydrogen (secondary N) is 1. The number of nitrogen functional groups attached to an aromatic ring is 1. The second-order valence-electron chi connectivity index (χ2n) is 4.20. The lowest BCUT2D eigenvalue weighted by Crippen LogP contribution is -2.25. The molecule has 0 saturated heterocycles. The Balaban J connectivity index is 1.92. The van der Waals surface area contributed by atoms with Crippen molar-refractivity contribution in [1.82, 2.24) is 14.5 Å². The zero-order valence-electron chi connectivity index (χ0n) is 10.7. The zero-order chi connectivity index (χ0) is 14.6. The first kappa shape index (κ1) is 15.0. The maximum atomic E-state index is 12.1. The van der Waals surface area contributed by atoms with Crippen LogP contribution in [-0.4, -0.2) is 24.7 Å². The van der Waals surface area contributed by atoms with E-state index in [0.717, 1.165) is 0 Å². The highest BCUT2D eigenvalue weighted by molar-refractivity contribution is 9.10. The number of sulfonamides is 1. The molecule has 0 aliphatic carbocycles. The molecule has 0 fully saturated rings. The van der Waals surface area contributed by atoms with E-state index in [1.807, 2.05) is 12.3 Å². The summed E-state index contributed by atoms with van der Waals surface area (Å²) in [6, 6.07) is 6.36. The van der Waals surface area contributed by atoms with Gasteiger partial charge >= 0.3 is 0 Å². The van der Waals surface area contributed by atoms with E-state index in [0.29, 0.717) is 29.7 Å². The van der Waals surface area contributed by atoms with E-state index in [4.69, 9.17) is 5.73 Å². The fourth-order valence-electron chi connectivity index (χ4n) is 1.64. The number of hydrogen-bond acceptors (Lipinski definition) is 4. The van der Waals surface area contributed by atoms with Crippen LogP contribution in [0, 0.1) is 0 Å². The first-order chi connectivity index (χ1) is 9.49. The predicted molar refractivity (Wildman–Crippen MR) is 80.6 cm³/mol. The van der Waals surface area contributed by atoms with Gasteiger partial charge in [0.25, 0.3) is 0 Å². The standard InChI is InChI=1S/C12H15BrN4O2S/c13-11-9-10(3-4-12(11)14)20(18,19)16-6-2-8-17-7-1-5-15-17/h1,3-5,7,9,16H,2,6,8,14H2. The molecule has 0 radical (unpaired) electrons. The molecular weight excluding hydrogens is 344 g/mol. The van der Waals surface area contributed by atoms with Crippen molar-refractivity contribution in [2.24, 2.45) is 0 Å². The Morgan fingerprint density at radius 2 is 2.20 bits per heavy atom. The minimum Gasteiger partial charge on any atom is -0.398 e. The van der Waals surface area contributed by atoms with Gasteiger partial charge in [-0.3, -0.25) is 4.68 Å². The molecule has 0 amide bonds. The molecule has 1 heterocycles. The van der Waals surface area contributed by atoms with Crippen LogP contribution in [0.25, 0.3) is 0 Å². The minimum atomic E-state index is -3.51. The molecule has 1 aromatic heterocycles. The van der Waals surface area contributed by atoms with Crippen molar-refractivity contribution in [1.29, 1.82) is 0 Å². The summed E-state index contributed by atoms with van der Waals surface area (Å²) in [5, 5.41) is 4.05. The fraction of sp³-hybridized carbons (Fsp3) is 0.250. The highest BCUT2D eigenvalue weighted by Crippen LogP contribution is 2.22. The molecule has 0 bridgehead atoms. The van der Waals surface area contributed by atoms with E-state index in [1.165, 1.54) is 12.1 Å². The molecule has 6 nitrogen and oxygen atoms in total. The Hall–Kier alpha value is -1.38. The number of aromatic nitrogens is 2. The first-order valence-electron chi connectivity index (χ1n) is 6.01. The lowest BCUT2D eigenvalue weighted by molar-refractivity contribution is 0.553. The molecule has 3 N–H and O–H groups in total. The number of nitrogens with zero attached hydrogens (tertiary/aromatic N) is 2. The van der Waals surface area contributed by atoms with E-state index in [2.05, 4.69) is 25.8 Å². The third-order valence-corrected chi connectivity index (χ3v) is 4.84. The number of rotatable bonds is 6. The first-order valence-corrected chi connectivity index (χ1v) is 8.29. The SMILES string of the molecule is Nc1ccc(S(=O)(=O)NCCCn2cccn2)cc1Br. The number of aryl methyl sites for hydroxylation is 1. The summed E-state index contributed by atoms with van der Waals surface area (Å²) in [5.74, 6) is 0. The molecule has 0 saturated carbocycles. The number of nitrogens with two attached hydrogens (primary N) is 1. The zero-order valence-corrected chi connectivity index (χ0v) is 13.1. The monoisotopic (exact) mass is 358 g/mol. The topological polar surface area (TPSA) is 90.0 Å². The molecule has 8 heteroatoms. The third-order valence-electron chi connectivity index (χ3n) is 2.70. The van der Waals surface area contributed by atoms with Gasteiger partial charge in [0.15, 0.2) is 0 Å². The van der Waals surface area contributed by atoms with Gasteiger partial charge in [-0.1, -0.05) is 0 Å². The van der Waals surface area contributed by atoms with Crippen LogP contribution in [0.5, 0.6) is 0 Å². The van der Waals surface area contributed by atoms with Crippen molar-refractivity contribution in [2.45, 2.75) is 17.9 Å². The van der Waals surface area contributed by atoms with Crippen LogP contribution in [0.2, 0.25) is 0 Å². The van der Waals surface area contributed by atoms with E-state index >= 15 is 0 Å². The number of halogens is 1. The molecule has 0 atom stereocenters. The molecule has 20 heavy (non-hydrogen) atoms. The van der Waals surface area contributed by atoms with Gasteiger partial charge in [0, 0.05) is 35.6 Å². The number of benzene rings is 1. The van der Waals surface area contributed by atoms with Crippen molar-refractivity contribution < 1.29 is 8.42 Å². The molecule has 1 aromatic carbocycles. The summed E-state index contributed by atoms with van der Waals surface area (Å²) in [4.78, 5) is 0.192. The summed E-state index contributed by atoms with van der Waals surface area (Å²) in [6.45, 7) is 1.02. The maximum Gasteiger partial charge on any atom is 0.240 e. The molecule has 0 unspecified atom stereocenters. The van der Waals surface area contributed by atoms with Crippen LogP contribution in [0.1, 0.15) is 6.42 Å². The minimum absolute atomic E-state index is 0.192. The quantitative estimate of drug-likeness (QED) is 0.606. The van der Waals surface area contributed by atoms with Crippen LogP contribution in [0.4, 0.5) is 5.69 Å². The van der Waals surface area contributed by atoms with E-state index in [1.54, 1.807) is 16.9 Å². The van der Waals surface area contributed by atoms with Crippen LogP contribution < -0.4 is 10.5 Å². The van der Waals surface area contributed by atoms with Gasteiger partial charge in [-0.15, -0.1) is 0 Å². The molecule has 108 valence electrons. The third kappa shape index (κ3) is 3.81. The van der Waals surface area contributed by atoms with Crippen molar-refractivity contribution in [3.8, 4) is 0 Å². The van der Waals surface area contributed by atoms with E-state index < -0.39 is 10.0 Å².